The molecule has 0 atom stereocenters. The number of H-pyrrole nitrogens is 1. The first-order valence-corrected chi connectivity index (χ1v) is 13.8. The number of fused-ring (bicyclic) bond motifs is 2. The predicted octanol–water partition coefficient (Wildman–Crippen LogP) is 2.76. The summed E-state index contributed by atoms with van der Waals surface area (Å²) in [7, 11) is -3.20. The summed E-state index contributed by atoms with van der Waals surface area (Å²) >= 11 is 5.13. The van der Waals surface area contributed by atoms with Crippen molar-refractivity contribution in [2.45, 2.75) is 23.4 Å². The van der Waals surface area contributed by atoms with Crippen LogP contribution in [0.4, 0.5) is 5.82 Å². The van der Waals surface area contributed by atoms with Gasteiger partial charge in [0.25, 0.3) is 0 Å². The number of nitrogens with one attached hydrogen (secondary N) is 2. The Kier molecular flexibility index (Phi) is 5.97. The second-order valence-electron chi connectivity index (χ2n) is 7.89. The largest absolute Gasteiger partial charge is 0.355 e. The molecule has 0 aromatic carbocycles. The van der Waals surface area contributed by atoms with Gasteiger partial charge in [-0.05, 0) is 40.2 Å². The molecule has 2 N–H and O–H groups in total. The van der Waals surface area contributed by atoms with E-state index in [-0.39, 0.29) is 5.92 Å². The van der Waals surface area contributed by atoms with Gasteiger partial charge in [0.15, 0.2) is 10.8 Å². The van der Waals surface area contributed by atoms with Gasteiger partial charge in [0, 0.05) is 54.7 Å². The fourth-order valence-electron chi connectivity index (χ4n) is 3.73. The first-order valence-electron chi connectivity index (χ1n) is 10.3. The van der Waals surface area contributed by atoms with Gasteiger partial charge >= 0.3 is 0 Å². The van der Waals surface area contributed by atoms with Crippen molar-refractivity contribution in [1.82, 2.24) is 34.6 Å². The van der Waals surface area contributed by atoms with E-state index in [9.17, 15) is 8.42 Å². The number of hydrogen-bond donors (Lipinski definition) is 2. The van der Waals surface area contributed by atoms with Crippen LogP contribution in [0.1, 0.15) is 12.6 Å². The van der Waals surface area contributed by atoms with Crippen LogP contribution in [0, 0.1) is 5.92 Å². The van der Waals surface area contributed by atoms with Crippen LogP contribution in [0.2, 0.25) is 0 Å². The van der Waals surface area contributed by atoms with Crippen molar-refractivity contribution in [2.75, 3.05) is 30.8 Å². The van der Waals surface area contributed by atoms with Gasteiger partial charge in [0.05, 0.1) is 16.1 Å². The third-order valence-electron chi connectivity index (χ3n) is 5.38. The van der Waals surface area contributed by atoms with Gasteiger partial charge in [0.1, 0.15) is 17.0 Å². The molecule has 1 aliphatic heterocycles. The van der Waals surface area contributed by atoms with E-state index in [1.807, 2.05) is 6.07 Å². The van der Waals surface area contributed by atoms with Gasteiger partial charge in [-0.25, -0.2) is 33.1 Å². The Morgan fingerprint density at radius 1 is 1.24 bits per heavy atom. The van der Waals surface area contributed by atoms with Gasteiger partial charge in [-0.15, -0.1) is 0 Å². The van der Waals surface area contributed by atoms with E-state index in [4.69, 9.17) is 9.97 Å². The molecular formula is C20H21BrN8O2S2. The highest BCUT2D eigenvalue weighted by atomic mass is 79.9. The number of anilines is 1. The molecule has 0 bridgehead atoms. The van der Waals surface area contributed by atoms with Crippen molar-refractivity contribution in [3.8, 4) is 0 Å². The number of hydrogen-bond acceptors (Lipinski definition) is 9. The highest BCUT2D eigenvalue weighted by Gasteiger charge is 2.31. The first kappa shape index (κ1) is 22.4. The molecule has 33 heavy (non-hydrogen) atoms. The van der Waals surface area contributed by atoms with Crippen LogP contribution >= 0.6 is 27.7 Å². The molecule has 0 aliphatic carbocycles. The highest BCUT2D eigenvalue weighted by Crippen LogP contribution is 2.38. The molecule has 13 heteroatoms. The van der Waals surface area contributed by atoms with Gasteiger partial charge in [-0.1, -0.05) is 6.92 Å². The molecule has 0 saturated carbocycles. The minimum absolute atomic E-state index is 0.229. The maximum atomic E-state index is 11.4. The summed E-state index contributed by atoms with van der Waals surface area (Å²) in [5.74, 6) is 1.06. The molecule has 1 fully saturated rings. The maximum absolute atomic E-state index is 11.4. The van der Waals surface area contributed by atoms with Crippen LogP contribution in [0.5, 0.6) is 0 Å². The minimum atomic E-state index is -3.20. The third-order valence-corrected chi connectivity index (χ3v) is 7.77. The van der Waals surface area contributed by atoms with Crippen LogP contribution in [0.3, 0.4) is 0 Å². The summed E-state index contributed by atoms with van der Waals surface area (Å²) in [5.41, 5.74) is 3.12. The fraction of sp³-hybridized carbons (Fsp3) is 0.350. The van der Waals surface area contributed by atoms with Gasteiger partial charge in [0.2, 0.25) is 10.0 Å². The summed E-state index contributed by atoms with van der Waals surface area (Å²) in [6.07, 6.45) is 7.00. The first-order chi connectivity index (χ1) is 15.8. The highest BCUT2D eigenvalue weighted by molar-refractivity contribution is 9.10. The standard InChI is InChI=1S/C20H21BrN8O2S2/c1-3-13-16(21)15-18(26-13)27-20(32-12-6-14-17(24-8-12)23-5-4-22-14)28-19(15)29-9-11(10-29)7-25-33(2,30)31/h4-6,8,11,25H,3,7,9-10H2,1-2H3,(H,26,27,28). The summed E-state index contributed by atoms with van der Waals surface area (Å²) in [5, 5.41) is 1.53. The lowest BCUT2D eigenvalue weighted by Crippen LogP contribution is -2.51. The Morgan fingerprint density at radius 2 is 2.03 bits per heavy atom. The van der Waals surface area contributed by atoms with Gasteiger partial charge in [-0.2, -0.15) is 0 Å². The predicted molar refractivity (Wildman–Crippen MR) is 131 cm³/mol. The topological polar surface area (TPSA) is 130 Å². The van der Waals surface area contributed by atoms with Gasteiger partial charge in [-0.3, -0.25) is 4.98 Å². The van der Waals surface area contributed by atoms with Crippen molar-refractivity contribution >= 4 is 65.7 Å². The Morgan fingerprint density at radius 3 is 2.79 bits per heavy atom. The molecule has 1 saturated heterocycles. The van der Waals surface area contributed by atoms with Crippen LogP contribution in [-0.2, 0) is 16.4 Å². The van der Waals surface area contributed by atoms with Gasteiger partial charge < -0.3 is 9.88 Å². The van der Waals surface area contributed by atoms with Crippen molar-refractivity contribution < 1.29 is 8.42 Å². The lowest BCUT2D eigenvalue weighted by molar-refractivity contribution is 0.404. The Hall–Kier alpha value is -2.35. The number of aromatic amines is 1. The smallest absolute Gasteiger partial charge is 0.208 e. The summed E-state index contributed by atoms with van der Waals surface area (Å²) in [6, 6.07) is 1.92. The summed E-state index contributed by atoms with van der Waals surface area (Å²) in [4.78, 5) is 29.0. The number of pyridine rings is 1. The summed E-state index contributed by atoms with van der Waals surface area (Å²) < 4.78 is 26.4. The van der Waals surface area contributed by atoms with E-state index in [0.717, 1.165) is 38.3 Å². The zero-order valence-corrected chi connectivity index (χ0v) is 21.1. The van der Waals surface area contributed by atoms with Crippen molar-refractivity contribution in [3.05, 3.63) is 34.8 Å². The van der Waals surface area contributed by atoms with Crippen molar-refractivity contribution in [3.63, 3.8) is 0 Å². The Balaban J connectivity index is 1.46. The monoisotopic (exact) mass is 548 g/mol. The van der Waals surface area contributed by atoms with Crippen LogP contribution in [0.25, 0.3) is 22.2 Å². The Labute approximate surface area is 203 Å². The molecule has 0 radical (unpaired) electrons. The van der Waals surface area contributed by atoms with E-state index in [1.165, 1.54) is 18.0 Å². The Bertz CT molecular complexity index is 1450. The number of sulfonamides is 1. The van der Waals surface area contributed by atoms with E-state index in [2.05, 4.69) is 52.4 Å². The zero-order valence-electron chi connectivity index (χ0n) is 17.9. The molecule has 5 rings (SSSR count). The lowest BCUT2D eigenvalue weighted by atomic mass is 10.0. The summed E-state index contributed by atoms with van der Waals surface area (Å²) in [6.45, 7) is 3.93. The quantitative estimate of drug-likeness (QED) is 0.334. The van der Waals surface area contributed by atoms with E-state index < -0.39 is 10.0 Å². The van der Waals surface area contributed by atoms with Crippen LogP contribution < -0.4 is 9.62 Å². The zero-order chi connectivity index (χ0) is 23.2. The SMILES string of the molecule is CCc1[nH]c2nc(Sc3cnc4nccnc4c3)nc(N3CC(CNS(C)(=O)=O)C3)c2c1Br. The molecule has 4 aromatic heterocycles. The van der Waals surface area contributed by atoms with Crippen molar-refractivity contribution in [2.24, 2.45) is 5.92 Å². The van der Waals surface area contributed by atoms with E-state index in [0.29, 0.717) is 36.0 Å². The molecule has 5 heterocycles. The lowest BCUT2D eigenvalue weighted by Gasteiger charge is -2.40. The molecule has 0 amide bonds. The minimum Gasteiger partial charge on any atom is -0.355 e. The molecule has 10 nitrogen and oxygen atoms in total. The molecule has 0 spiro atoms. The molecular weight excluding hydrogens is 528 g/mol. The normalized spacial score (nSPS) is 14.8. The van der Waals surface area contributed by atoms with Crippen LogP contribution in [0.15, 0.2) is 39.2 Å². The molecule has 0 unspecified atom stereocenters. The number of aryl methyl sites for hydroxylation is 1. The number of halogens is 1. The van der Waals surface area contributed by atoms with E-state index >= 15 is 0 Å². The average Bonchev–Trinajstić information content (AvgIpc) is 3.07. The third kappa shape index (κ3) is 4.67. The molecule has 1 aliphatic rings. The number of rotatable bonds is 7. The van der Waals surface area contributed by atoms with E-state index in [1.54, 1.807) is 18.6 Å². The molecule has 4 aromatic rings. The average molecular weight is 549 g/mol. The van der Waals surface area contributed by atoms with Crippen molar-refractivity contribution in [1.29, 1.82) is 0 Å². The maximum Gasteiger partial charge on any atom is 0.208 e. The molecule has 172 valence electrons. The van der Waals surface area contributed by atoms with Crippen LogP contribution in [-0.4, -0.2) is 64.2 Å². The second kappa shape index (κ2) is 8.78. The number of aromatic nitrogens is 6. The number of nitrogens with zero attached hydrogens (tertiary/aromatic N) is 6. The second-order valence-corrected chi connectivity index (χ2v) is 11.6. The fourth-order valence-corrected chi connectivity index (χ4v) is 5.77.